The SMILES string of the molecule is C=CCNC(=O)C1C(c2ccccc2)C(C(=O)OC)C(c2ccccc2)N1C(=O)Cc1ccccc1. The third kappa shape index (κ3) is 5.08. The van der Waals surface area contributed by atoms with Crippen LogP contribution in [-0.4, -0.2) is 42.4 Å². The Morgan fingerprint density at radius 3 is 2.00 bits per heavy atom. The summed E-state index contributed by atoms with van der Waals surface area (Å²) in [6, 6.07) is 26.6. The summed E-state index contributed by atoms with van der Waals surface area (Å²) in [7, 11) is 1.34. The van der Waals surface area contributed by atoms with Crippen LogP contribution in [0.4, 0.5) is 0 Å². The van der Waals surface area contributed by atoms with Gasteiger partial charge in [0.05, 0.1) is 25.5 Å². The molecule has 4 unspecified atom stereocenters. The number of esters is 1. The number of nitrogens with one attached hydrogen (secondary N) is 1. The van der Waals surface area contributed by atoms with E-state index in [9.17, 15) is 14.4 Å². The first kappa shape index (κ1) is 24.9. The maximum absolute atomic E-state index is 14.0. The molecule has 0 aliphatic carbocycles. The van der Waals surface area contributed by atoms with Crippen LogP contribution in [0, 0.1) is 5.92 Å². The maximum atomic E-state index is 14.0. The molecule has 6 nitrogen and oxygen atoms in total. The quantitative estimate of drug-likeness (QED) is 0.388. The van der Waals surface area contributed by atoms with E-state index in [1.807, 2.05) is 91.0 Å². The van der Waals surface area contributed by atoms with Crippen LogP contribution in [0.2, 0.25) is 0 Å². The van der Waals surface area contributed by atoms with E-state index in [-0.39, 0.29) is 24.8 Å². The summed E-state index contributed by atoms with van der Waals surface area (Å²) in [5, 5.41) is 2.87. The van der Waals surface area contributed by atoms with Crippen LogP contribution in [0.1, 0.15) is 28.7 Å². The number of rotatable bonds is 8. The molecule has 184 valence electrons. The first-order chi connectivity index (χ1) is 17.6. The van der Waals surface area contributed by atoms with Crippen LogP contribution in [0.15, 0.2) is 104 Å². The highest BCUT2D eigenvalue weighted by Crippen LogP contribution is 2.50. The summed E-state index contributed by atoms with van der Waals surface area (Å²) >= 11 is 0. The lowest BCUT2D eigenvalue weighted by Crippen LogP contribution is -2.49. The number of hydrogen-bond donors (Lipinski definition) is 1. The summed E-state index contributed by atoms with van der Waals surface area (Å²) in [6.45, 7) is 3.94. The fraction of sp³-hybridized carbons (Fsp3) is 0.233. The van der Waals surface area contributed by atoms with Crippen molar-refractivity contribution < 1.29 is 19.1 Å². The van der Waals surface area contributed by atoms with Crippen molar-refractivity contribution in [1.29, 1.82) is 0 Å². The second kappa shape index (κ2) is 11.5. The second-order valence-corrected chi connectivity index (χ2v) is 8.78. The lowest BCUT2D eigenvalue weighted by atomic mass is 9.80. The topological polar surface area (TPSA) is 75.7 Å². The first-order valence-corrected chi connectivity index (χ1v) is 12.0. The van der Waals surface area contributed by atoms with E-state index in [0.717, 1.165) is 16.7 Å². The van der Waals surface area contributed by atoms with E-state index in [1.165, 1.54) is 7.11 Å². The van der Waals surface area contributed by atoms with Crippen molar-refractivity contribution in [3.63, 3.8) is 0 Å². The number of nitrogens with zero attached hydrogens (tertiary/aromatic N) is 1. The monoisotopic (exact) mass is 482 g/mol. The van der Waals surface area contributed by atoms with Crippen molar-refractivity contribution >= 4 is 17.8 Å². The second-order valence-electron chi connectivity index (χ2n) is 8.78. The van der Waals surface area contributed by atoms with Crippen LogP contribution in [0.25, 0.3) is 0 Å². The standard InChI is InChI=1S/C30H30N2O4/c1-3-19-31-29(34)28-25(22-15-9-5-10-16-22)26(30(35)36-2)27(23-17-11-6-12-18-23)32(28)24(33)20-21-13-7-4-8-14-21/h3-18,25-28H,1,19-20H2,2H3,(H,31,34). The third-order valence-corrected chi connectivity index (χ3v) is 6.64. The number of carbonyl (C=O) groups excluding carboxylic acids is 3. The first-order valence-electron chi connectivity index (χ1n) is 12.0. The zero-order valence-electron chi connectivity index (χ0n) is 20.2. The molecule has 3 aromatic carbocycles. The van der Waals surface area contributed by atoms with Crippen LogP contribution in [-0.2, 0) is 25.5 Å². The van der Waals surface area contributed by atoms with Gasteiger partial charge in [0, 0.05) is 12.5 Å². The Morgan fingerprint density at radius 2 is 1.44 bits per heavy atom. The lowest BCUT2D eigenvalue weighted by molar-refractivity contribution is -0.147. The number of hydrogen-bond acceptors (Lipinski definition) is 4. The molecule has 4 rings (SSSR count). The van der Waals surface area contributed by atoms with Gasteiger partial charge in [-0.25, -0.2) is 0 Å². The minimum atomic E-state index is -0.919. The molecule has 1 heterocycles. The molecule has 1 aliphatic rings. The number of methoxy groups -OCH3 is 1. The molecule has 0 bridgehead atoms. The minimum Gasteiger partial charge on any atom is -0.469 e. The predicted octanol–water partition coefficient (Wildman–Crippen LogP) is 4.06. The molecule has 1 saturated heterocycles. The molecule has 0 aromatic heterocycles. The lowest BCUT2D eigenvalue weighted by Gasteiger charge is -2.31. The van der Waals surface area contributed by atoms with Crippen molar-refractivity contribution in [3.05, 3.63) is 120 Å². The number of benzene rings is 3. The highest BCUT2D eigenvalue weighted by molar-refractivity contribution is 5.93. The molecule has 3 aromatic rings. The molecule has 36 heavy (non-hydrogen) atoms. The Hall–Kier alpha value is -4.19. The summed E-state index contributed by atoms with van der Waals surface area (Å²) in [5.41, 5.74) is 2.40. The van der Waals surface area contributed by atoms with Crippen molar-refractivity contribution in [1.82, 2.24) is 10.2 Å². The van der Waals surface area contributed by atoms with Crippen LogP contribution >= 0.6 is 0 Å². The molecule has 0 radical (unpaired) electrons. The van der Waals surface area contributed by atoms with Gasteiger partial charge in [0.15, 0.2) is 0 Å². The highest BCUT2D eigenvalue weighted by atomic mass is 16.5. The zero-order valence-corrected chi connectivity index (χ0v) is 20.2. The third-order valence-electron chi connectivity index (χ3n) is 6.64. The summed E-state index contributed by atoms with van der Waals surface area (Å²) < 4.78 is 5.27. The molecular formula is C30H30N2O4. The maximum Gasteiger partial charge on any atom is 0.311 e. The van der Waals surface area contributed by atoms with Crippen molar-refractivity contribution in [2.45, 2.75) is 24.4 Å². The van der Waals surface area contributed by atoms with Gasteiger partial charge in [-0.2, -0.15) is 0 Å². The van der Waals surface area contributed by atoms with E-state index in [2.05, 4.69) is 11.9 Å². The van der Waals surface area contributed by atoms with Gasteiger partial charge in [-0.3, -0.25) is 14.4 Å². The van der Waals surface area contributed by atoms with Gasteiger partial charge >= 0.3 is 5.97 Å². The Bertz CT molecular complexity index is 1200. The molecule has 4 atom stereocenters. The molecule has 6 heteroatoms. The van der Waals surface area contributed by atoms with E-state index < -0.39 is 29.9 Å². The fourth-order valence-electron chi connectivity index (χ4n) is 5.15. The summed E-state index contributed by atoms with van der Waals surface area (Å²) in [6.07, 6.45) is 1.69. The van der Waals surface area contributed by atoms with Crippen LogP contribution < -0.4 is 5.32 Å². The van der Waals surface area contributed by atoms with E-state index in [1.54, 1.807) is 11.0 Å². The number of ether oxygens (including phenoxy) is 1. The normalized spacial score (nSPS) is 21.0. The van der Waals surface area contributed by atoms with E-state index in [0.29, 0.717) is 0 Å². The average molecular weight is 483 g/mol. The van der Waals surface area contributed by atoms with Crippen molar-refractivity contribution in [2.24, 2.45) is 5.92 Å². The van der Waals surface area contributed by atoms with E-state index >= 15 is 0 Å². The van der Waals surface area contributed by atoms with Gasteiger partial charge in [-0.05, 0) is 16.7 Å². The Balaban J connectivity index is 1.90. The Kier molecular flexibility index (Phi) is 7.95. The predicted molar refractivity (Wildman–Crippen MR) is 138 cm³/mol. The number of amides is 2. The average Bonchev–Trinajstić information content (AvgIpc) is 3.29. The molecule has 2 amide bonds. The summed E-state index contributed by atoms with van der Waals surface area (Å²) in [5.74, 6) is -2.42. The summed E-state index contributed by atoms with van der Waals surface area (Å²) in [4.78, 5) is 42.7. The van der Waals surface area contributed by atoms with Gasteiger partial charge < -0.3 is 15.0 Å². The van der Waals surface area contributed by atoms with Gasteiger partial charge in [0.25, 0.3) is 0 Å². The van der Waals surface area contributed by atoms with Gasteiger partial charge in [0.2, 0.25) is 11.8 Å². The van der Waals surface area contributed by atoms with Gasteiger partial charge in [-0.15, -0.1) is 6.58 Å². The van der Waals surface area contributed by atoms with Gasteiger partial charge in [-0.1, -0.05) is 97.1 Å². The molecule has 0 spiro atoms. The molecule has 1 N–H and O–H groups in total. The highest BCUT2D eigenvalue weighted by Gasteiger charge is 2.57. The fourth-order valence-corrected chi connectivity index (χ4v) is 5.15. The van der Waals surface area contributed by atoms with Crippen LogP contribution in [0.5, 0.6) is 0 Å². The van der Waals surface area contributed by atoms with E-state index in [4.69, 9.17) is 4.74 Å². The number of carbonyl (C=O) groups is 3. The largest absolute Gasteiger partial charge is 0.469 e. The van der Waals surface area contributed by atoms with Crippen LogP contribution in [0.3, 0.4) is 0 Å². The molecule has 0 saturated carbocycles. The van der Waals surface area contributed by atoms with Gasteiger partial charge in [0.1, 0.15) is 6.04 Å². The van der Waals surface area contributed by atoms with Crippen molar-refractivity contribution in [2.75, 3.05) is 13.7 Å². The zero-order chi connectivity index (χ0) is 25.5. The van der Waals surface area contributed by atoms with Crippen molar-refractivity contribution in [3.8, 4) is 0 Å². The molecule has 1 aliphatic heterocycles. The smallest absolute Gasteiger partial charge is 0.311 e. The molecular weight excluding hydrogens is 452 g/mol. The number of likely N-dealkylation sites (tertiary alicyclic amines) is 1. The molecule has 1 fully saturated rings. The minimum absolute atomic E-state index is 0.102. The Morgan fingerprint density at radius 1 is 0.889 bits per heavy atom. The Labute approximate surface area is 211 Å².